The number of fused-ring (bicyclic) bond motifs is 4. The van der Waals surface area contributed by atoms with Crippen molar-refractivity contribution in [3.8, 4) is 0 Å². The van der Waals surface area contributed by atoms with Gasteiger partial charge in [-0.3, -0.25) is 9.12 Å². The predicted molar refractivity (Wildman–Crippen MR) is 78.4 cm³/mol. The lowest BCUT2D eigenvalue weighted by Gasteiger charge is -2.13. The number of hydrogen-bond acceptors (Lipinski definition) is 3. The Balaban J connectivity index is 1.98. The third kappa shape index (κ3) is 1.81. The van der Waals surface area contributed by atoms with E-state index in [0.717, 1.165) is 16.6 Å². The van der Waals surface area contributed by atoms with Crippen molar-refractivity contribution < 1.29 is 17.7 Å². The summed E-state index contributed by atoms with van der Waals surface area (Å²) in [5.41, 5.74) is 2.41. The van der Waals surface area contributed by atoms with Gasteiger partial charge >= 0.3 is 5.76 Å². The summed E-state index contributed by atoms with van der Waals surface area (Å²) in [5.74, 6) is 0.484. The van der Waals surface area contributed by atoms with Crippen LogP contribution in [0.5, 0.6) is 0 Å². The highest BCUT2D eigenvalue weighted by Gasteiger charge is 2.34. The van der Waals surface area contributed by atoms with Gasteiger partial charge in [-0.15, -0.1) is 0 Å². The molecule has 5 nitrogen and oxygen atoms in total. The van der Waals surface area contributed by atoms with E-state index in [9.17, 15) is 13.0 Å². The van der Waals surface area contributed by atoms with E-state index in [1.54, 1.807) is 6.20 Å². The lowest BCUT2D eigenvalue weighted by molar-refractivity contribution is 0.251. The van der Waals surface area contributed by atoms with Crippen molar-refractivity contribution in [3.05, 3.63) is 58.8 Å². The standard InChI is InChI=1S/C15H9NO4S/c17-21(18,19)11-8-12-14-7-10-3-1-2-4-13(10)16(14)6-5-15(12)20-9-11/h1-4,6-8H,9H2/p+1. The van der Waals surface area contributed by atoms with Crippen LogP contribution < -0.4 is 0 Å². The summed E-state index contributed by atoms with van der Waals surface area (Å²) in [6.45, 7) is -0.182. The number of nitrogens with zero attached hydrogens (tertiary/aromatic N) is 1. The monoisotopic (exact) mass is 300 g/mol. The number of rotatable bonds is 1. The molecule has 0 unspecified atom stereocenters. The zero-order valence-electron chi connectivity index (χ0n) is 10.8. The van der Waals surface area contributed by atoms with Crippen LogP contribution in [0.2, 0.25) is 0 Å². The minimum atomic E-state index is -4.25. The molecule has 0 saturated heterocycles. The third-order valence-electron chi connectivity index (χ3n) is 3.59. The molecule has 0 amide bonds. The van der Waals surface area contributed by atoms with Crippen LogP contribution in [-0.2, 0) is 14.9 Å². The van der Waals surface area contributed by atoms with Gasteiger partial charge in [-0.25, -0.2) is 0 Å². The Bertz CT molecular complexity index is 961. The Kier molecular flexibility index (Phi) is 2.38. The summed E-state index contributed by atoms with van der Waals surface area (Å²) in [6.07, 6.45) is 6.21. The number of aromatic nitrogens is 1. The maximum Gasteiger partial charge on any atom is 0.361 e. The zero-order chi connectivity index (χ0) is 14.6. The lowest BCUT2D eigenvalue weighted by Crippen LogP contribution is -2.15. The van der Waals surface area contributed by atoms with Crippen molar-refractivity contribution in [2.75, 3.05) is 6.61 Å². The summed E-state index contributed by atoms with van der Waals surface area (Å²) in [5, 5.41) is 1.03. The van der Waals surface area contributed by atoms with Crippen LogP contribution in [0.4, 0.5) is 0 Å². The van der Waals surface area contributed by atoms with Gasteiger partial charge in [0, 0.05) is 5.39 Å². The van der Waals surface area contributed by atoms with Crippen molar-refractivity contribution in [1.82, 2.24) is 4.57 Å². The van der Waals surface area contributed by atoms with Crippen LogP contribution in [0, 0.1) is 6.08 Å². The molecule has 6 heteroatoms. The molecule has 1 aromatic heterocycles. The number of para-hydroxylation sites is 1. The van der Waals surface area contributed by atoms with Crippen molar-refractivity contribution in [2.45, 2.75) is 0 Å². The van der Waals surface area contributed by atoms with Crippen molar-refractivity contribution in [2.24, 2.45) is 0 Å². The predicted octanol–water partition coefficient (Wildman–Crippen LogP) is 2.44. The molecule has 0 atom stereocenters. The average molecular weight is 300 g/mol. The van der Waals surface area contributed by atoms with E-state index in [1.807, 2.05) is 34.9 Å². The van der Waals surface area contributed by atoms with Crippen LogP contribution >= 0.6 is 0 Å². The van der Waals surface area contributed by atoms with Crippen LogP contribution in [-0.4, -0.2) is 24.1 Å². The fraction of sp³-hybridized carbons (Fsp3) is 0.0667. The second-order valence-electron chi connectivity index (χ2n) is 4.85. The normalized spacial score (nSPS) is 16.9. The smallest absolute Gasteiger partial charge is 0.361 e. The summed E-state index contributed by atoms with van der Waals surface area (Å²) in [6, 6.07) is 9.78. The summed E-state index contributed by atoms with van der Waals surface area (Å²) >= 11 is 0. The second kappa shape index (κ2) is 4.05. The number of hydrogen-bond donors (Lipinski definition) is 1. The Morgan fingerprint density at radius 1 is 1.29 bits per heavy atom. The lowest BCUT2D eigenvalue weighted by atomic mass is 10.1. The summed E-state index contributed by atoms with van der Waals surface area (Å²) < 4.78 is 39.1. The molecule has 4 rings (SSSR count). The molecule has 0 bridgehead atoms. The molecule has 1 aromatic carbocycles. The van der Waals surface area contributed by atoms with E-state index in [4.69, 9.17) is 4.74 Å². The Labute approximate surface area is 121 Å². The number of benzene rings is 1. The molecule has 3 heterocycles. The molecule has 2 aliphatic heterocycles. The highest BCUT2D eigenvalue weighted by molar-refractivity contribution is 7.89. The molecular weight excluding hydrogens is 290 g/mol. The van der Waals surface area contributed by atoms with E-state index in [0.29, 0.717) is 11.3 Å². The van der Waals surface area contributed by atoms with Crippen LogP contribution in [0.3, 0.4) is 0 Å². The molecule has 2 aromatic rings. The maximum absolute atomic E-state index is 11.3. The van der Waals surface area contributed by atoms with E-state index < -0.39 is 10.1 Å². The summed E-state index contributed by atoms with van der Waals surface area (Å²) in [4.78, 5) is -0.151. The van der Waals surface area contributed by atoms with Crippen LogP contribution in [0.15, 0.2) is 47.1 Å². The van der Waals surface area contributed by atoms with Crippen LogP contribution in [0.1, 0.15) is 5.69 Å². The zero-order valence-corrected chi connectivity index (χ0v) is 11.6. The Morgan fingerprint density at radius 2 is 2.10 bits per heavy atom. The molecular formula is C15H10NO4S+. The molecule has 0 spiro atoms. The van der Waals surface area contributed by atoms with Gasteiger partial charge in [-0.1, -0.05) is 18.2 Å². The van der Waals surface area contributed by atoms with Crippen molar-refractivity contribution in [1.29, 1.82) is 0 Å². The highest BCUT2D eigenvalue weighted by atomic mass is 32.2. The SMILES string of the molecule is O=S(=O)(O)C1=CC2=C([C+]=Cn3c2cc2ccccc23)OC1. The molecule has 104 valence electrons. The Hall–Kier alpha value is -2.40. The molecule has 21 heavy (non-hydrogen) atoms. The van der Waals surface area contributed by atoms with Gasteiger partial charge < -0.3 is 4.74 Å². The fourth-order valence-electron chi connectivity index (χ4n) is 2.59. The van der Waals surface area contributed by atoms with E-state index >= 15 is 0 Å². The summed E-state index contributed by atoms with van der Waals surface area (Å²) in [7, 11) is -4.25. The van der Waals surface area contributed by atoms with Crippen molar-refractivity contribution >= 4 is 32.8 Å². The largest absolute Gasteiger partial charge is 0.448 e. The first-order valence-electron chi connectivity index (χ1n) is 6.29. The molecule has 2 aliphatic rings. The molecule has 0 radical (unpaired) electrons. The van der Waals surface area contributed by atoms with Gasteiger partial charge in [-0.2, -0.15) is 8.42 Å². The van der Waals surface area contributed by atoms with E-state index in [2.05, 4.69) is 6.08 Å². The molecule has 1 N–H and O–H groups in total. The minimum Gasteiger partial charge on any atom is -0.448 e. The van der Waals surface area contributed by atoms with Gasteiger partial charge in [-0.05, 0) is 12.1 Å². The number of allylic oxidation sites excluding steroid dienone is 3. The molecule has 0 aliphatic carbocycles. The fourth-order valence-corrected chi connectivity index (χ4v) is 3.07. The molecule has 0 saturated carbocycles. The Morgan fingerprint density at radius 3 is 2.90 bits per heavy atom. The van der Waals surface area contributed by atoms with Gasteiger partial charge in [0.05, 0.1) is 11.6 Å². The minimum absolute atomic E-state index is 0.151. The molecule has 0 fully saturated rings. The van der Waals surface area contributed by atoms with Crippen LogP contribution in [0.25, 0.3) is 22.7 Å². The third-order valence-corrected chi connectivity index (χ3v) is 4.49. The first-order valence-corrected chi connectivity index (χ1v) is 7.73. The van der Waals surface area contributed by atoms with Gasteiger partial charge in [0.2, 0.25) is 0 Å². The van der Waals surface area contributed by atoms with Gasteiger partial charge in [0.25, 0.3) is 10.1 Å². The quantitative estimate of drug-likeness (QED) is 0.649. The number of ether oxygens (including phenoxy) is 1. The second-order valence-corrected chi connectivity index (χ2v) is 6.32. The maximum atomic E-state index is 11.3. The van der Waals surface area contributed by atoms with Gasteiger partial charge in [0.1, 0.15) is 17.2 Å². The average Bonchev–Trinajstić information content (AvgIpc) is 2.84. The van der Waals surface area contributed by atoms with Gasteiger partial charge in [0.15, 0.2) is 17.8 Å². The first kappa shape index (κ1) is 12.3. The van der Waals surface area contributed by atoms with E-state index in [-0.39, 0.29) is 11.5 Å². The first-order chi connectivity index (χ1) is 10.0. The highest BCUT2D eigenvalue weighted by Crippen LogP contribution is 2.35. The van der Waals surface area contributed by atoms with Crippen molar-refractivity contribution in [3.63, 3.8) is 0 Å². The van der Waals surface area contributed by atoms with E-state index in [1.165, 1.54) is 6.08 Å². The topological polar surface area (TPSA) is 68.5 Å².